The monoisotopic (exact) mass is 509 g/mol. The molecule has 0 saturated carbocycles. The third-order valence-corrected chi connectivity index (χ3v) is 8.02. The molecule has 2 saturated heterocycles. The average molecular weight is 509 g/mol. The number of rotatable bonds is 9. The van der Waals surface area contributed by atoms with Crippen LogP contribution in [0, 0.1) is 5.92 Å². The first-order valence-corrected chi connectivity index (χ1v) is 12.9. The lowest BCUT2D eigenvalue weighted by atomic mass is 9.57. The lowest BCUT2D eigenvalue weighted by molar-refractivity contribution is -0.844. The van der Waals surface area contributed by atoms with Gasteiger partial charge in [-0.2, -0.15) is 0 Å². The number of nitrogens with one attached hydrogen (secondary N) is 2. The molecule has 4 rings (SSSR count). The van der Waals surface area contributed by atoms with Crippen molar-refractivity contribution in [3.63, 3.8) is 0 Å². The summed E-state index contributed by atoms with van der Waals surface area (Å²) in [5.74, 6) is -1.59. The highest BCUT2D eigenvalue weighted by atomic mass is 16.7. The Morgan fingerprint density at radius 2 is 1.89 bits per heavy atom. The number of amides is 2. The summed E-state index contributed by atoms with van der Waals surface area (Å²) in [4.78, 5) is 47.6. The fraction of sp³-hybridized carbons (Fsp3) is 0.500. The first-order valence-electron chi connectivity index (χ1n) is 12.9. The van der Waals surface area contributed by atoms with E-state index in [4.69, 9.17) is 9.31 Å². The van der Waals surface area contributed by atoms with Crippen LogP contribution < -0.4 is 10.6 Å². The van der Waals surface area contributed by atoms with E-state index in [9.17, 15) is 14.4 Å². The van der Waals surface area contributed by atoms with Crippen LogP contribution in [0.15, 0.2) is 48.9 Å². The molecule has 2 amide bonds. The molecule has 0 spiro atoms. The predicted octanol–water partition coefficient (Wildman–Crippen LogP) is 1.64. The van der Waals surface area contributed by atoms with E-state index in [0.29, 0.717) is 13.0 Å². The molecule has 37 heavy (non-hydrogen) atoms. The predicted molar refractivity (Wildman–Crippen MR) is 138 cm³/mol. The number of likely N-dealkylation sites (N-methyl/N-ethyl adjacent to an activating group) is 1. The Morgan fingerprint density at radius 3 is 2.54 bits per heavy atom. The van der Waals surface area contributed by atoms with Crippen LogP contribution in [-0.4, -0.2) is 76.6 Å². The molecule has 6 atom stereocenters. The zero-order valence-corrected chi connectivity index (χ0v) is 22.1. The highest BCUT2D eigenvalue weighted by Gasteiger charge is 2.70. The topological polar surface area (TPSA) is 120 Å². The summed E-state index contributed by atoms with van der Waals surface area (Å²) in [7, 11) is 1.98. The second kappa shape index (κ2) is 10.6. The molecule has 11 heteroatoms. The molecule has 0 radical (unpaired) electrons. The highest BCUT2D eigenvalue weighted by molar-refractivity contribution is 6.65. The molecule has 10 nitrogen and oxygen atoms in total. The van der Waals surface area contributed by atoms with Gasteiger partial charge in [0, 0.05) is 31.8 Å². The lowest BCUT2D eigenvalue weighted by Gasteiger charge is -2.51. The molecule has 2 fully saturated rings. The van der Waals surface area contributed by atoms with Gasteiger partial charge in [-0.25, -0.2) is 9.78 Å². The summed E-state index contributed by atoms with van der Waals surface area (Å²) in [5.41, 5.74) is 1.00. The van der Waals surface area contributed by atoms with Crippen molar-refractivity contribution in [2.75, 3.05) is 13.7 Å². The highest BCUT2D eigenvalue weighted by Crippen LogP contribution is 2.44. The number of hydrogen-bond acceptors (Lipinski definition) is 7. The first kappa shape index (κ1) is 26.7. The zero-order chi connectivity index (χ0) is 26.8. The van der Waals surface area contributed by atoms with Crippen molar-refractivity contribution >= 4 is 24.5 Å². The summed E-state index contributed by atoms with van der Waals surface area (Å²) < 4.78 is 12.6. The number of aromatic nitrogens is 2. The van der Waals surface area contributed by atoms with E-state index in [1.807, 2.05) is 65.1 Å². The number of nitrogens with zero attached hydrogens (tertiary/aromatic N) is 3. The minimum Gasteiger partial charge on any atom is -0.609 e. The maximum Gasteiger partial charge on any atom is 0.549 e. The molecule has 2 N–H and O–H groups in total. The van der Waals surface area contributed by atoms with E-state index < -0.39 is 30.6 Å². The summed E-state index contributed by atoms with van der Waals surface area (Å²) in [6, 6.07) is 8.17. The van der Waals surface area contributed by atoms with Crippen molar-refractivity contribution in [2.24, 2.45) is 5.92 Å². The van der Waals surface area contributed by atoms with Gasteiger partial charge in [0.25, 0.3) is 5.91 Å². The maximum atomic E-state index is 13.8. The largest absolute Gasteiger partial charge is 0.609 e. The smallest absolute Gasteiger partial charge is 0.549 e. The van der Waals surface area contributed by atoms with Crippen LogP contribution in [0.5, 0.6) is 0 Å². The lowest BCUT2D eigenvalue weighted by Crippen LogP contribution is -2.74. The van der Waals surface area contributed by atoms with E-state index in [-0.39, 0.29) is 40.3 Å². The molecule has 1 aromatic carbocycles. The van der Waals surface area contributed by atoms with E-state index in [1.165, 1.54) is 18.6 Å². The number of carbonyl (C=O) groups excluding carboxylic acids is 3. The van der Waals surface area contributed by atoms with Crippen molar-refractivity contribution in [1.82, 2.24) is 20.6 Å². The molecule has 3 heterocycles. The molecular weight excluding hydrogens is 473 g/mol. The number of carbonyl (C=O) groups is 3. The van der Waals surface area contributed by atoms with Gasteiger partial charge in [0.05, 0.1) is 18.8 Å². The molecular formula is C26H36BN5O5. The standard InChI is InChI=1S/C26H36BN5O5/c1-17(2)13-23(27-32(5,18(3)16-36-27)19(4)26(35)37-27)31-24(33)21(14-20-9-7-6-8-10-20)30-25(34)22-15-28-11-12-29-22/h6-12,15,17-19,21,23H,13-14,16H2,1-5H3,(H,30,34)(H,31,33)/t18-,19+,21+,23+,27?,32?/m1/s1. The minimum absolute atomic E-state index is 0.0180. The van der Waals surface area contributed by atoms with Crippen molar-refractivity contribution in [3.8, 4) is 0 Å². The van der Waals surface area contributed by atoms with Crippen molar-refractivity contribution in [3.05, 3.63) is 60.2 Å². The summed E-state index contributed by atoms with van der Waals surface area (Å²) in [5, 5.41) is 5.96. The molecule has 2 aromatic rings. The Bertz CT molecular complexity index is 1140. The normalized spacial score (nSPS) is 28.3. The Morgan fingerprint density at radius 1 is 1.16 bits per heavy atom. The molecule has 198 valence electrons. The van der Waals surface area contributed by atoms with Gasteiger partial charge in [-0.1, -0.05) is 50.6 Å². The number of quaternary nitrogens is 1. The van der Waals surface area contributed by atoms with Crippen molar-refractivity contribution < 1.29 is 28.1 Å². The second-order valence-corrected chi connectivity index (χ2v) is 10.8. The fourth-order valence-electron chi connectivity index (χ4n) is 5.71. The average Bonchev–Trinajstić information content (AvgIpc) is 3.25. The Kier molecular flexibility index (Phi) is 7.65. The van der Waals surface area contributed by atoms with Crippen LogP contribution in [-0.2, 0) is 25.3 Å². The third kappa shape index (κ3) is 4.97. The third-order valence-electron chi connectivity index (χ3n) is 8.02. The van der Waals surface area contributed by atoms with Crippen LogP contribution >= 0.6 is 0 Å². The van der Waals surface area contributed by atoms with Gasteiger partial charge >= 0.3 is 12.7 Å². The first-order chi connectivity index (χ1) is 17.6. The molecule has 0 aliphatic carbocycles. The van der Waals surface area contributed by atoms with Gasteiger partial charge in [-0.3, -0.25) is 14.6 Å². The molecule has 2 unspecified atom stereocenters. The maximum absolute atomic E-state index is 13.8. The van der Waals surface area contributed by atoms with Crippen LogP contribution in [0.2, 0.25) is 0 Å². The van der Waals surface area contributed by atoms with Gasteiger partial charge in [0.2, 0.25) is 5.91 Å². The quantitative estimate of drug-likeness (QED) is 0.494. The molecule has 1 aromatic heterocycles. The van der Waals surface area contributed by atoms with E-state index in [0.717, 1.165) is 5.56 Å². The van der Waals surface area contributed by atoms with Crippen LogP contribution in [0.3, 0.4) is 0 Å². The van der Waals surface area contributed by atoms with Crippen molar-refractivity contribution in [2.45, 2.75) is 64.6 Å². The fourth-order valence-corrected chi connectivity index (χ4v) is 5.71. The van der Waals surface area contributed by atoms with Crippen LogP contribution in [0.25, 0.3) is 0 Å². The summed E-state index contributed by atoms with van der Waals surface area (Å²) in [6.45, 7) is 6.19. The van der Waals surface area contributed by atoms with Crippen LogP contribution in [0.1, 0.15) is 50.2 Å². The number of hydrogen-bond donors (Lipinski definition) is 2. The number of fused-ring (bicyclic) bond motifs is 1. The molecule has 2 aliphatic rings. The van der Waals surface area contributed by atoms with Crippen molar-refractivity contribution in [1.29, 1.82) is 0 Å². The Hall–Kier alpha value is -3.31. The molecule has 0 bridgehead atoms. The van der Waals surface area contributed by atoms with Gasteiger partial charge in [-0.15, -0.1) is 0 Å². The number of benzene rings is 1. The van der Waals surface area contributed by atoms with E-state index in [2.05, 4.69) is 20.6 Å². The zero-order valence-electron chi connectivity index (χ0n) is 22.1. The van der Waals surface area contributed by atoms with E-state index in [1.54, 1.807) is 0 Å². The Balaban J connectivity index is 1.64. The second-order valence-electron chi connectivity index (χ2n) is 10.8. The van der Waals surface area contributed by atoms with Gasteiger partial charge in [0.15, 0.2) is 0 Å². The van der Waals surface area contributed by atoms with Crippen LogP contribution in [0.4, 0.5) is 0 Å². The summed E-state index contributed by atoms with van der Waals surface area (Å²) >= 11 is 0. The SMILES string of the molecule is CC(C)C[C@H](NC(=O)[C@H](Cc1ccccc1)NC(=O)c1cnccn1)[B-]12OC[C@@H](C)[N+]1(C)[C@@H](C)C(=O)O2. The summed E-state index contributed by atoms with van der Waals surface area (Å²) in [6.07, 6.45) is 5.07. The van der Waals surface area contributed by atoms with Gasteiger partial charge < -0.3 is 24.3 Å². The van der Waals surface area contributed by atoms with Gasteiger partial charge in [0.1, 0.15) is 17.8 Å². The molecule has 2 aliphatic heterocycles. The van der Waals surface area contributed by atoms with Gasteiger partial charge in [-0.05, 0) is 25.3 Å². The van der Waals surface area contributed by atoms with E-state index >= 15 is 0 Å². The Labute approximate surface area is 217 Å². The minimum atomic E-state index is -2.22.